The summed E-state index contributed by atoms with van der Waals surface area (Å²) in [5.41, 5.74) is 0.859. The van der Waals surface area contributed by atoms with E-state index < -0.39 is 18.2 Å². The van der Waals surface area contributed by atoms with E-state index >= 15 is 0 Å². The molecule has 6 heteroatoms. The maximum atomic E-state index is 13.7. The Balaban J connectivity index is 2.04. The Labute approximate surface area is 132 Å². The second kappa shape index (κ2) is 7.97. The molecule has 2 rings (SSSR count). The summed E-state index contributed by atoms with van der Waals surface area (Å²) in [5.74, 6) is -1.08. The van der Waals surface area contributed by atoms with E-state index in [2.05, 4.69) is 4.74 Å². The van der Waals surface area contributed by atoms with Crippen molar-refractivity contribution in [2.75, 3.05) is 6.54 Å². The lowest BCUT2D eigenvalue weighted by molar-refractivity contribution is -0.0498. The van der Waals surface area contributed by atoms with Gasteiger partial charge in [0.25, 0.3) is 0 Å². The van der Waals surface area contributed by atoms with Gasteiger partial charge in [-0.3, -0.25) is 4.90 Å². The van der Waals surface area contributed by atoms with Crippen LogP contribution in [0.2, 0.25) is 0 Å². The van der Waals surface area contributed by atoms with Crippen molar-refractivity contribution in [2.45, 2.75) is 26.6 Å². The number of alkyl halides is 2. The van der Waals surface area contributed by atoms with Crippen LogP contribution < -0.4 is 4.74 Å². The fourth-order valence-corrected chi connectivity index (χ4v) is 2.22. The first-order valence-electron chi connectivity index (χ1n) is 7.18. The quantitative estimate of drug-likeness (QED) is 0.690. The van der Waals surface area contributed by atoms with Gasteiger partial charge in [0.2, 0.25) is 0 Å². The van der Waals surface area contributed by atoms with Crippen LogP contribution in [-0.4, -0.2) is 18.1 Å². The highest BCUT2D eigenvalue weighted by Gasteiger charge is 2.13. The van der Waals surface area contributed by atoms with E-state index in [1.807, 2.05) is 11.8 Å². The second-order valence-electron chi connectivity index (χ2n) is 5.03. The fourth-order valence-electron chi connectivity index (χ4n) is 2.22. The lowest BCUT2D eigenvalue weighted by atomic mass is 10.1. The average Bonchev–Trinajstić information content (AvgIpc) is 2.51. The third-order valence-electron chi connectivity index (χ3n) is 3.45. The smallest absolute Gasteiger partial charge is 0.387 e. The lowest BCUT2D eigenvalue weighted by Crippen LogP contribution is -2.23. The minimum Gasteiger partial charge on any atom is -0.435 e. The predicted octanol–water partition coefficient (Wildman–Crippen LogP) is 4.59. The van der Waals surface area contributed by atoms with Crippen molar-refractivity contribution in [1.82, 2.24) is 4.90 Å². The van der Waals surface area contributed by atoms with Crippen molar-refractivity contribution in [2.24, 2.45) is 0 Å². The molecule has 0 aliphatic rings. The van der Waals surface area contributed by atoms with E-state index in [-0.39, 0.29) is 17.9 Å². The number of halogens is 4. The summed E-state index contributed by atoms with van der Waals surface area (Å²) in [6.07, 6.45) is 0. The Kier molecular flexibility index (Phi) is 5.98. The van der Waals surface area contributed by atoms with Gasteiger partial charge in [0.05, 0.1) is 0 Å². The normalized spacial score (nSPS) is 11.3. The Morgan fingerprint density at radius 1 is 0.957 bits per heavy atom. The van der Waals surface area contributed by atoms with Gasteiger partial charge in [0, 0.05) is 18.7 Å². The molecular formula is C17H17F4NO. The molecule has 0 radical (unpaired) electrons. The Hall–Kier alpha value is -2.08. The first-order chi connectivity index (χ1) is 11.0. The number of hydrogen-bond donors (Lipinski definition) is 0. The Bertz CT molecular complexity index is 611. The maximum Gasteiger partial charge on any atom is 0.387 e. The zero-order valence-electron chi connectivity index (χ0n) is 12.6. The SMILES string of the molecule is CCN(Cc1ccc(OC(F)F)cc1)Cc1c(F)cccc1F. The van der Waals surface area contributed by atoms with E-state index in [4.69, 9.17) is 0 Å². The summed E-state index contributed by atoms with van der Waals surface area (Å²) in [6.45, 7) is 0.177. The highest BCUT2D eigenvalue weighted by molar-refractivity contribution is 5.27. The average molecular weight is 327 g/mol. The molecule has 0 amide bonds. The second-order valence-corrected chi connectivity index (χ2v) is 5.03. The first kappa shape index (κ1) is 17.3. The standard InChI is InChI=1S/C17H17F4NO/c1-2-22(11-14-15(18)4-3-5-16(14)19)10-12-6-8-13(9-7-12)23-17(20)21/h3-9,17H,2,10-11H2,1H3. The summed E-state index contributed by atoms with van der Waals surface area (Å²) >= 11 is 0. The van der Waals surface area contributed by atoms with Crippen LogP contribution in [0.1, 0.15) is 18.1 Å². The molecule has 0 saturated heterocycles. The zero-order valence-corrected chi connectivity index (χ0v) is 12.6. The molecule has 0 fully saturated rings. The van der Waals surface area contributed by atoms with Crippen LogP contribution in [0.15, 0.2) is 42.5 Å². The molecule has 0 saturated carbocycles. The topological polar surface area (TPSA) is 12.5 Å². The van der Waals surface area contributed by atoms with Gasteiger partial charge < -0.3 is 4.74 Å². The summed E-state index contributed by atoms with van der Waals surface area (Å²) in [6, 6.07) is 9.96. The van der Waals surface area contributed by atoms with Gasteiger partial charge in [-0.15, -0.1) is 0 Å². The van der Waals surface area contributed by atoms with Gasteiger partial charge in [-0.2, -0.15) is 8.78 Å². The molecule has 0 atom stereocenters. The van der Waals surface area contributed by atoms with Crippen molar-refractivity contribution in [1.29, 1.82) is 0 Å². The summed E-state index contributed by atoms with van der Waals surface area (Å²) in [4.78, 5) is 1.85. The first-order valence-corrected chi connectivity index (χ1v) is 7.18. The van der Waals surface area contributed by atoms with E-state index in [0.29, 0.717) is 13.1 Å². The lowest BCUT2D eigenvalue weighted by Gasteiger charge is -2.21. The van der Waals surface area contributed by atoms with Crippen LogP contribution >= 0.6 is 0 Å². The van der Waals surface area contributed by atoms with E-state index in [9.17, 15) is 17.6 Å². The minimum absolute atomic E-state index is 0.0204. The highest BCUT2D eigenvalue weighted by Crippen LogP contribution is 2.19. The van der Waals surface area contributed by atoms with E-state index in [0.717, 1.165) is 5.56 Å². The highest BCUT2D eigenvalue weighted by atomic mass is 19.3. The van der Waals surface area contributed by atoms with Crippen molar-refractivity contribution in [3.63, 3.8) is 0 Å². The predicted molar refractivity (Wildman–Crippen MR) is 79.2 cm³/mol. The molecule has 0 aromatic heterocycles. The number of ether oxygens (including phenoxy) is 1. The molecule has 0 N–H and O–H groups in total. The van der Waals surface area contributed by atoms with Gasteiger partial charge in [-0.25, -0.2) is 8.78 Å². The molecule has 23 heavy (non-hydrogen) atoms. The number of rotatable bonds is 7. The third kappa shape index (κ3) is 4.96. The Morgan fingerprint density at radius 2 is 1.57 bits per heavy atom. The summed E-state index contributed by atoms with van der Waals surface area (Å²) in [5, 5.41) is 0. The van der Waals surface area contributed by atoms with Crippen molar-refractivity contribution >= 4 is 0 Å². The van der Waals surface area contributed by atoms with Crippen LogP contribution in [0.3, 0.4) is 0 Å². The molecule has 0 heterocycles. The van der Waals surface area contributed by atoms with Crippen LogP contribution in [0.4, 0.5) is 17.6 Å². The van der Waals surface area contributed by atoms with Crippen molar-refractivity contribution in [3.05, 3.63) is 65.2 Å². The summed E-state index contributed by atoms with van der Waals surface area (Å²) in [7, 11) is 0. The molecule has 2 aromatic carbocycles. The van der Waals surface area contributed by atoms with Crippen LogP contribution in [-0.2, 0) is 13.1 Å². The van der Waals surface area contributed by atoms with Crippen LogP contribution in [0.5, 0.6) is 5.75 Å². The molecule has 0 bridgehead atoms. The maximum absolute atomic E-state index is 13.7. The van der Waals surface area contributed by atoms with Gasteiger partial charge >= 0.3 is 6.61 Å². The molecule has 0 spiro atoms. The van der Waals surface area contributed by atoms with E-state index in [1.54, 1.807) is 12.1 Å². The number of hydrogen-bond acceptors (Lipinski definition) is 2. The zero-order chi connectivity index (χ0) is 16.8. The van der Waals surface area contributed by atoms with Crippen molar-refractivity contribution < 1.29 is 22.3 Å². The molecule has 0 unspecified atom stereocenters. The van der Waals surface area contributed by atoms with Crippen molar-refractivity contribution in [3.8, 4) is 5.75 Å². The van der Waals surface area contributed by atoms with Crippen LogP contribution in [0, 0.1) is 11.6 Å². The largest absolute Gasteiger partial charge is 0.435 e. The molecule has 2 aromatic rings. The van der Waals surface area contributed by atoms with Gasteiger partial charge in [-0.1, -0.05) is 25.1 Å². The van der Waals surface area contributed by atoms with Gasteiger partial charge in [0.1, 0.15) is 17.4 Å². The number of nitrogens with zero attached hydrogens (tertiary/aromatic N) is 1. The fraction of sp³-hybridized carbons (Fsp3) is 0.294. The third-order valence-corrected chi connectivity index (χ3v) is 3.45. The molecule has 0 aliphatic carbocycles. The molecule has 2 nitrogen and oxygen atoms in total. The number of benzene rings is 2. The molecule has 0 aliphatic heterocycles. The van der Waals surface area contributed by atoms with Gasteiger partial charge in [0.15, 0.2) is 0 Å². The minimum atomic E-state index is -2.86. The van der Waals surface area contributed by atoms with Crippen LogP contribution in [0.25, 0.3) is 0 Å². The molecule has 124 valence electrons. The van der Waals surface area contributed by atoms with E-state index in [1.165, 1.54) is 30.3 Å². The van der Waals surface area contributed by atoms with Gasteiger partial charge in [-0.05, 0) is 36.4 Å². The Morgan fingerprint density at radius 3 is 2.09 bits per heavy atom. The summed E-state index contributed by atoms with van der Waals surface area (Å²) < 4.78 is 55.9. The molecular weight excluding hydrogens is 310 g/mol. The monoisotopic (exact) mass is 327 g/mol.